The molecule has 0 aliphatic carbocycles. The lowest BCUT2D eigenvalue weighted by molar-refractivity contribution is 0.591. The Hall–Kier alpha value is -0.820. The molecule has 0 saturated heterocycles. The van der Waals surface area contributed by atoms with Crippen LogP contribution < -0.4 is 15.8 Å². The molecule has 126 valence electrons. The maximum atomic E-state index is 10.9. The van der Waals surface area contributed by atoms with Crippen LogP contribution in [0, 0.1) is 0 Å². The third-order valence-corrected chi connectivity index (χ3v) is 3.83. The van der Waals surface area contributed by atoms with Crippen molar-refractivity contribution in [3.63, 3.8) is 0 Å². The first-order valence-electron chi connectivity index (χ1n) is 8.02. The van der Waals surface area contributed by atoms with E-state index in [-0.39, 0.29) is 12.3 Å². The maximum Gasteiger partial charge on any atom is 0.210 e. The van der Waals surface area contributed by atoms with Gasteiger partial charge in [-0.25, -0.2) is 13.6 Å². The van der Waals surface area contributed by atoms with Crippen molar-refractivity contribution in [2.75, 3.05) is 25.4 Å². The second kappa shape index (κ2) is 12.9. The summed E-state index contributed by atoms with van der Waals surface area (Å²) in [5, 5.41) is 11.0. The van der Waals surface area contributed by atoms with Crippen LogP contribution in [0.3, 0.4) is 0 Å². The first kappa shape index (κ1) is 20.2. The molecule has 0 aromatic heterocycles. The molecule has 0 aliphatic rings. The summed E-state index contributed by atoms with van der Waals surface area (Å²) in [5.74, 6) is 0.571. The largest absolute Gasteiger partial charge is 0.357 e. The SMILES string of the molecule is CCCCCCCCCN=C(NCC)NCCS(N)(=O)=O. The monoisotopic (exact) mass is 320 g/mol. The molecule has 0 heterocycles. The van der Waals surface area contributed by atoms with Crippen LogP contribution >= 0.6 is 0 Å². The number of rotatable bonds is 12. The molecule has 7 heteroatoms. The van der Waals surface area contributed by atoms with Crippen molar-refractivity contribution in [1.29, 1.82) is 0 Å². The fraction of sp³-hybridized carbons (Fsp3) is 0.929. The quantitative estimate of drug-likeness (QED) is 0.289. The van der Waals surface area contributed by atoms with E-state index in [4.69, 9.17) is 5.14 Å². The number of nitrogens with zero attached hydrogens (tertiary/aromatic N) is 1. The molecule has 0 spiro atoms. The van der Waals surface area contributed by atoms with E-state index in [2.05, 4.69) is 22.5 Å². The Labute approximate surface area is 130 Å². The van der Waals surface area contributed by atoms with E-state index in [1.54, 1.807) is 0 Å². The molecule has 0 aromatic rings. The van der Waals surface area contributed by atoms with Gasteiger partial charge in [0.25, 0.3) is 0 Å². The van der Waals surface area contributed by atoms with Crippen molar-refractivity contribution >= 4 is 16.0 Å². The molecule has 0 fully saturated rings. The number of nitrogens with two attached hydrogens (primary N) is 1. The first-order chi connectivity index (χ1) is 9.99. The van der Waals surface area contributed by atoms with Crippen LogP contribution in [0.2, 0.25) is 0 Å². The fourth-order valence-electron chi connectivity index (χ4n) is 1.91. The summed E-state index contributed by atoms with van der Waals surface area (Å²) < 4.78 is 21.7. The minimum Gasteiger partial charge on any atom is -0.357 e. The van der Waals surface area contributed by atoms with E-state index in [1.807, 2.05) is 6.92 Å². The standard InChI is InChI=1S/C14H32N4O2S/c1-3-5-6-7-8-9-10-11-17-14(16-4-2)18-12-13-21(15,19)20/h3-13H2,1-2H3,(H2,15,19,20)(H2,16,17,18). The summed E-state index contributed by atoms with van der Waals surface area (Å²) in [5.41, 5.74) is 0. The Balaban J connectivity index is 3.78. The Morgan fingerprint density at radius 1 is 1.00 bits per heavy atom. The lowest BCUT2D eigenvalue weighted by Gasteiger charge is -2.10. The average Bonchev–Trinajstić information content (AvgIpc) is 2.40. The van der Waals surface area contributed by atoms with E-state index in [1.165, 1.54) is 38.5 Å². The molecule has 0 rings (SSSR count). The number of nitrogens with one attached hydrogen (secondary N) is 2. The number of guanidine groups is 1. The summed E-state index contributed by atoms with van der Waals surface area (Å²) in [7, 11) is -3.42. The number of hydrogen-bond donors (Lipinski definition) is 3. The predicted molar refractivity (Wildman–Crippen MR) is 89.9 cm³/mol. The van der Waals surface area contributed by atoms with E-state index in [0.29, 0.717) is 5.96 Å². The van der Waals surface area contributed by atoms with E-state index in [9.17, 15) is 8.42 Å². The zero-order valence-electron chi connectivity index (χ0n) is 13.5. The van der Waals surface area contributed by atoms with Crippen LogP contribution in [0.1, 0.15) is 58.8 Å². The fourth-order valence-corrected chi connectivity index (χ4v) is 2.30. The number of hydrogen-bond acceptors (Lipinski definition) is 3. The molecule has 0 bridgehead atoms. The molecular weight excluding hydrogens is 288 g/mol. The topological polar surface area (TPSA) is 96.6 Å². The Morgan fingerprint density at radius 3 is 2.19 bits per heavy atom. The van der Waals surface area contributed by atoms with Crippen molar-refractivity contribution < 1.29 is 8.42 Å². The van der Waals surface area contributed by atoms with Crippen molar-refractivity contribution in [3.8, 4) is 0 Å². The van der Waals surface area contributed by atoms with Crippen LogP contribution in [0.4, 0.5) is 0 Å². The van der Waals surface area contributed by atoms with E-state index >= 15 is 0 Å². The van der Waals surface area contributed by atoms with Crippen molar-refractivity contribution in [1.82, 2.24) is 10.6 Å². The highest BCUT2D eigenvalue weighted by Crippen LogP contribution is 2.06. The minimum absolute atomic E-state index is 0.0884. The van der Waals surface area contributed by atoms with Gasteiger partial charge < -0.3 is 10.6 Å². The number of sulfonamides is 1. The van der Waals surface area contributed by atoms with Gasteiger partial charge in [-0.05, 0) is 13.3 Å². The Morgan fingerprint density at radius 2 is 1.62 bits per heavy atom. The van der Waals surface area contributed by atoms with E-state index in [0.717, 1.165) is 19.5 Å². The predicted octanol–water partition coefficient (Wildman–Crippen LogP) is 1.58. The van der Waals surface area contributed by atoms with Crippen LogP contribution in [0.25, 0.3) is 0 Å². The Kier molecular flexibility index (Phi) is 12.4. The molecule has 0 atom stereocenters. The normalized spacial score (nSPS) is 12.4. The second-order valence-corrected chi connectivity index (χ2v) is 6.91. The van der Waals surface area contributed by atoms with Crippen LogP contribution in [0.5, 0.6) is 0 Å². The first-order valence-corrected chi connectivity index (χ1v) is 9.73. The number of primary sulfonamides is 1. The van der Waals surface area contributed by atoms with Crippen molar-refractivity contribution in [2.24, 2.45) is 10.1 Å². The van der Waals surface area contributed by atoms with Gasteiger partial charge in [-0.3, -0.25) is 4.99 Å². The number of aliphatic imine (C=N–C) groups is 1. The van der Waals surface area contributed by atoms with Gasteiger partial charge in [-0.15, -0.1) is 0 Å². The molecule has 0 aliphatic heterocycles. The Bertz CT molecular complexity index is 369. The van der Waals surface area contributed by atoms with Gasteiger partial charge in [0.05, 0.1) is 5.75 Å². The van der Waals surface area contributed by atoms with Gasteiger partial charge in [-0.2, -0.15) is 0 Å². The van der Waals surface area contributed by atoms with Gasteiger partial charge in [0.15, 0.2) is 5.96 Å². The molecule has 0 radical (unpaired) electrons. The zero-order chi connectivity index (χ0) is 16.0. The third kappa shape index (κ3) is 15.4. The van der Waals surface area contributed by atoms with Crippen LogP contribution in [-0.2, 0) is 10.0 Å². The molecule has 0 saturated carbocycles. The lowest BCUT2D eigenvalue weighted by atomic mass is 10.1. The maximum absolute atomic E-state index is 10.9. The highest BCUT2D eigenvalue weighted by molar-refractivity contribution is 7.89. The van der Waals surface area contributed by atoms with Crippen LogP contribution in [-0.4, -0.2) is 39.8 Å². The third-order valence-electron chi connectivity index (χ3n) is 3.05. The smallest absolute Gasteiger partial charge is 0.210 e. The minimum atomic E-state index is -3.42. The molecular formula is C14H32N4O2S. The summed E-state index contributed by atoms with van der Waals surface area (Å²) in [6.45, 7) is 5.99. The van der Waals surface area contributed by atoms with Gasteiger partial charge in [0, 0.05) is 19.6 Å². The van der Waals surface area contributed by atoms with E-state index < -0.39 is 10.0 Å². The summed E-state index contributed by atoms with van der Waals surface area (Å²) in [6.07, 6.45) is 8.78. The van der Waals surface area contributed by atoms with Crippen molar-refractivity contribution in [3.05, 3.63) is 0 Å². The summed E-state index contributed by atoms with van der Waals surface area (Å²) >= 11 is 0. The van der Waals surface area contributed by atoms with Crippen LogP contribution in [0.15, 0.2) is 4.99 Å². The molecule has 4 N–H and O–H groups in total. The van der Waals surface area contributed by atoms with Gasteiger partial charge in [-0.1, -0.05) is 45.4 Å². The lowest BCUT2D eigenvalue weighted by Crippen LogP contribution is -2.40. The summed E-state index contributed by atoms with van der Waals surface area (Å²) in [4.78, 5) is 4.43. The molecule has 0 unspecified atom stereocenters. The summed E-state index contributed by atoms with van der Waals surface area (Å²) in [6, 6.07) is 0. The average molecular weight is 321 g/mol. The molecule has 0 aromatic carbocycles. The highest BCUT2D eigenvalue weighted by atomic mass is 32.2. The molecule has 0 amide bonds. The molecule has 6 nitrogen and oxygen atoms in total. The molecule has 21 heavy (non-hydrogen) atoms. The van der Waals surface area contributed by atoms with Gasteiger partial charge in [0.2, 0.25) is 10.0 Å². The number of unbranched alkanes of at least 4 members (excludes halogenated alkanes) is 6. The highest BCUT2D eigenvalue weighted by Gasteiger charge is 2.03. The van der Waals surface area contributed by atoms with Crippen molar-refractivity contribution in [2.45, 2.75) is 58.8 Å². The second-order valence-electron chi connectivity index (χ2n) is 5.18. The van der Waals surface area contributed by atoms with Gasteiger partial charge in [0.1, 0.15) is 0 Å². The van der Waals surface area contributed by atoms with Gasteiger partial charge >= 0.3 is 0 Å². The zero-order valence-corrected chi connectivity index (χ0v) is 14.3.